The maximum Gasteiger partial charge on any atom is 0.417 e. The van der Waals surface area contributed by atoms with E-state index >= 15 is 0 Å². The minimum atomic E-state index is -4.50. The maximum absolute atomic E-state index is 13.7. The van der Waals surface area contributed by atoms with E-state index in [1.54, 1.807) is 38.1 Å². The van der Waals surface area contributed by atoms with Gasteiger partial charge >= 0.3 is 6.18 Å². The lowest BCUT2D eigenvalue weighted by atomic mass is 10.1. The van der Waals surface area contributed by atoms with Crippen LogP contribution in [0.3, 0.4) is 0 Å². The molecule has 2 aromatic rings. The summed E-state index contributed by atoms with van der Waals surface area (Å²) in [5, 5.41) is 0. The van der Waals surface area contributed by atoms with Crippen molar-refractivity contribution in [2.75, 3.05) is 13.6 Å². The number of hydrogen-bond donors (Lipinski definition) is 0. The SMILES string of the molecule is CCN(C)C=Nc1cc(C)c(Oc2cccc(C(O[Si](C)(C)C)C(F)(F)F)c2)cc1C. The van der Waals surface area contributed by atoms with Gasteiger partial charge in [-0.25, -0.2) is 4.99 Å². The molecule has 0 fully saturated rings. The molecule has 0 bridgehead atoms. The first-order valence-electron chi connectivity index (χ1n) is 10.2. The van der Waals surface area contributed by atoms with Crippen LogP contribution >= 0.6 is 0 Å². The molecular weight excluding hydrogens is 421 g/mol. The molecule has 0 saturated carbocycles. The Kier molecular flexibility index (Phi) is 7.94. The van der Waals surface area contributed by atoms with Gasteiger partial charge in [0.15, 0.2) is 14.4 Å². The summed E-state index contributed by atoms with van der Waals surface area (Å²) in [7, 11) is -0.483. The van der Waals surface area contributed by atoms with Gasteiger partial charge in [0.1, 0.15) is 11.5 Å². The van der Waals surface area contributed by atoms with Crippen LogP contribution in [-0.4, -0.2) is 39.3 Å². The second-order valence-corrected chi connectivity index (χ2v) is 13.0. The van der Waals surface area contributed by atoms with E-state index in [0.717, 1.165) is 23.4 Å². The van der Waals surface area contributed by atoms with Crippen molar-refractivity contribution in [2.45, 2.75) is 52.7 Å². The van der Waals surface area contributed by atoms with Gasteiger partial charge in [-0.2, -0.15) is 13.2 Å². The first-order valence-corrected chi connectivity index (χ1v) is 13.6. The van der Waals surface area contributed by atoms with Gasteiger partial charge in [-0.05, 0) is 81.4 Å². The van der Waals surface area contributed by atoms with Crippen LogP contribution in [0.1, 0.15) is 29.7 Å². The number of halogens is 3. The Balaban J connectivity index is 2.32. The fraction of sp³-hybridized carbons (Fsp3) is 0.435. The molecular formula is C23H31F3N2O2Si. The van der Waals surface area contributed by atoms with E-state index in [-0.39, 0.29) is 5.56 Å². The topological polar surface area (TPSA) is 34.1 Å². The quantitative estimate of drug-likeness (QED) is 0.242. The van der Waals surface area contributed by atoms with Crippen LogP contribution in [0, 0.1) is 13.8 Å². The van der Waals surface area contributed by atoms with E-state index in [9.17, 15) is 13.2 Å². The number of benzene rings is 2. The highest BCUT2D eigenvalue weighted by Gasteiger charge is 2.44. The normalized spacial score (nSPS) is 13.5. The largest absolute Gasteiger partial charge is 0.457 e. The Hall–Kier alpha value is -2.32. The van der Waals surface area contributed by atoms with Crippen LogP contribution < -0.4 is 4.74 Å². The Morgan fingerprint density at radius 3 is 2.35 bits per heavy atom. The summed E-state index contributed by atoms with van der Waals surface area (Å²) in [5.74, 6) is 0.905. The molecule has 0 aliphatic carbocycles. The van der Waals surface area contributed by atoms with Gasteiger partial charge in [0.2, 0.25) is 0 Å². The Morgan fingerprint density at radius 1 is 1.10 bits per heavy atom. The molecule has 0 saturated heterocycles. The fourth-order valence-corrected chi connectivity index (χ4v) is 3.79. The smallest absolute Gasteiger partial charge is 0.417 e. The van der Waals surface area contributed by atoms with Crippen LogP contribution in [0.15, 0.2) is 41.4 Å². The number of alkyl halides is 3. The molecule has 8 heteroatoms. The Labute approximate surface area is 183 Å². The molecule has 0 aliphatic heterocycles. The first kappa shape index (κ1) is 24.9. The van der Waals surface area contributed by atoms with Crippen molar-refractivity contribution in [1.82, 2.24) is 4.90 Å². The molecule has 31 heavy (non-hydrogen) atoms. The minimum Gasteiger partial charge on any atom is -0.457 e. The number of rotatable bonds is 8. The molecule has 0 aliphatic rings. The third-order valence-electron chi connectivity index (χ3n) is 4.54. The summed E-state index contributed by atoms with van der Waals surface area (Å²) < 4.78 is 52.3. The van der Waals surface area contributed by atoms with E-state index in [4.69, 9.17) is 9.16 Å². The molecule has 4 nitrogen and oxygen atoms in total. The molecule has 0 radical (unpaired) electrons. The van der Waals surface area contributed by atoms with Crippen molar-refractivity contribution in [2.24, 2.45) is 4.99 Å². The third-order valence-corrected chi connectivity index (χ3v) is 5.49. The van der Waals surface area contributed by atoms with E-state index in [1.165, 1.54) is 12.1 Å². The first-order chi connectivity index (χ1) is 14.3. The van der Waals surface area contributed by atoms with Crippen LogP contribution in [0.25, 0.3) is 0 Å². The lowest BCUT2D eigenvalue weighted by Gasteiger charge is -2.28. The van der Waals surface area contributed by atoms with Gasteiger partial charge in [-0.1, -0.05) is 12.1 Å². The molecule has 2 aromatic carbocycles. The molecule has 0 spiro atoms. The predicted octanol–water partition coefficient (Wildman–Crippen LogP) is 7.16. The second-order valence-electron chi connectivity index (χ2n) is 8.55. The highest BCUT2D eigenvalue weighted by Crippen LogP contribution is 2.40. The van der Waals surface area contributed by atoms with Crippen molar-refractivity contribution in [3.05, 3.63) is 53.1 Å². The molecule has 0 amide bonds. The average molecular weight is 453 g/mol. The van der Waals surface area contributed by atoms with Gasteiger partial charge in [-0.3, -0.25) is 0 Å². The average Bonchev–Trinajstić information content (AvgIpc) is 2.66. The summed E-state index contributed by atoms with van der Waals surface area (Å²) >= 11 is 0. The van der Waals surface area contributed by atoms with E-state index in [1.807, 2.05) is 44.9 Å². The Bertz CT molecular complexity index is 924. The maximum atomic E-state index is 13.7. The molecule has 1 unspecified atom stereocenters. The van der Waals surface area contributed by atoms with Crippen molar-refractivity contribution >= 4 is 20.3 Å². The zero-order valence-electron chi connectivity index (χ0n) is 19.2. The van der Waals surface area contributed by atoms with E-state index < -0.39 is 20.6 Å². The Morgan fingerprint density at radius 2 is 1.77 bits per heavy atom. The summed E-state index contributed by atoms with van der Waals surface area (Å²) in [5.41, 5.74) is 2.60. The second kappa shape index (κ2) is 9.87. The molecule has 170 valence electrons. The van der Waals surface area contributed by atoms with Gasteiger partial charge in [0.25, 0.3) is 0 Å². The standard InChI is InChI=1S/C23H31F3N2O2Si/c1-8-28(4)15-27-20-12-17(3)21(13-16(20)2)29-19-11-9-10-18(14-19)22(23(24,25)26)30-31(5,6)7/h9-15,22H,8H2,1-7H3. The van der Waals surface area contributed by atoms with Crippen LogP contribution in [0.4, 0.5) is 18.9 Å². The molecule has 0 heterocycles. The number of aryl methyl sites for hydroxylation is 2. The third kappa shape index (κ3) is 7.39. The molecule has 2 rings (SSSR count). The number of aliphatic imine (C=N–C) groups is 1. The molecule has 0 N–H and O–H groups in total. The number of hydrogen-bond acceptors (Lipinski definition) is 3. The predicted molar refractivity (Wildman–Crippen MR) is 122 cm³/mol. The van der Waals surface area contributed by atoms with Gasteiger partial charge < -0.3 is 14.1 Å². The molecule has 0 aromatic heterocycles. The summed E-state index contributed by atoms with van der Waals surface area (Å²) in [6.07, 6.45) is -4.71. The monoisotopic (exact) mass is 452 g/mol. The number of nitrogens with zero attached hydrogens (tertiary/aromatic N) is 2. The van der Waals surface area contributed by atoms with E-state index in [2.05, 4.69) is 4.99 Å². The fourth-order valence-electron chi connectivity index (χ4n) is 2.81. The zero-order valence-corrected chi connectivity index (χ0v) is 20.2. The number of ether oxygens (including phenoxy) is 1. The van der Waals surface area contributed by atoms with Crippen molar-refractivity contribution in [1.29, 1.82) is 0 Å². The highest BCUT2D eigenvalue weighted by atomic mass is 28.4. The highest BCUT2D eigenvalue weighted by molar-refractivity contribution is 6.69. The van der Waals surface area contributed by atoms with Crippen molar-refractivity contribution in [3.63, 3.8) is 0 Å². The van der Waals surface area contributed by atoms with Gasteiger partial charge in [-0.15, -0.1) is 0 Å². The zero-order chi connectivity index (χ0) is 23.4. The van der Waals surface area contributed by atoms with Crippen molar-refractivity contribution < 1.29 is 22.3 Å². The van der Waals surface area contributed by atoms with Gasteiger partial charge in [0.05, 0.1) is 12.0 Å². The summed E-state index contributed by atoms with van der Waals surface area (Å²) in [6.45, 7) is 11.9. The van der Waals surface area contributed by atoms with Crippen LogP contribution in [0.5, 0.6) is 11.5 Å². The summed E-state index contributed by atoms with van der Waals surface area (Å²) in [4.78, 5) is 6.45. The van der Waals surface area contributed by atoms with E-state index in [0.29, 0.717) is 11.5 Å². The lowest BCUT2D eigenvalue weighted by Crippen LogP contribution is -2.35. The van der Waals surface area contributed by atoms with Gasteiger partial charge in [0, 0.05) is 13.6 Å². The van der Waals surface area contributed by atoms with Crippen molar-refractivity contribution in [3.8, 4) is 11.5 Å². The molecule has 1 atom stereocenters. The van der Waals surface area contributed by atoms with Crippen LogP contribution in [-0.2, 0) is 4.43 Å². The van der Waals surface area contributed by atoms with Crippen LogP contribution in [0.2, 0.25) is 19.6 Å². The minimum absolute atomic E-state index is 0.0330. The summed E-state index contributed by atoms with van der Waals surface area (Å²) in [6, 6.07) is 9.77. The lowest BCUT2D eigenvalue weighted by molar-refractivity contribution is -0.200.